The zero-order chi connectivity index (χ0) is 19.4. The van der Waals surface area contributed by atoms with Crippen LogP contribution in [0.2, 0.25) is 0 Å². The highest BCUT2D eigenvalue weighted by atomic mass is 16.6. The normalized spacial score (nSPS) is 11.4. The second-order valence-corrected chi connectivity index (χ2v) is 5.96. The number of nitro groups is 1. The van der Waals surface area contributed by atoms with Crippen LogP contribution in [0.1, 0.15) is 12.5 Å². The predicted molar refractivity (Wildman–Crippen MR) is 103 cm³/mol. The summed E-state index contributed by atoms with van der Waals surface area (Å²) in [6.07, 6.45) is 0. The Balaban J connectivity index is 1.63. The van der Waals surface area contributed by atoms with Crippen molar-refractivity contribution < 1.29 is 14.1 Å². The zero-order valence-electron chi connectivity index (χ0n) is 14.8. The first-order chi connectivity index (χ1) is 12.9. The van der Waals surface area contributed by atoms with E-state index in [1.165, 1.54) is 18.2 Å². The highest BCUT2D eigenvalue weighted by Gasteiger charge is 2.05. The Hall–Kier alpha value is -3.68. The molecule has 3 aromatic rings. The Bertz CT molecular complexity index is 1070. The lowest BCUT2D eigenvalue weighted by molar-refractivity contribution is -0.384. The maximum Gasteiger partial charge on any atom is 0.336 e. The van der Waals surface area contributed by atoms with E-state index in [0.717, 1.165) is 10.9 Å². The fraction of sp³-hybridized carbons (Fsp3) is 0.158. The number of nitrogens with zero attached hydrogens (tertiary/aromatic N) is 2. The van der Waals surface area contributed by atoms with Crippen LogP contribution >= 0.6 is 0 Å². The molecule has 0 saturated carbocycles. The van der Waals surface area contributed by atoms with E-state index < -0.39 is 10.5 Å². The summed E-state index contributed by atoms with van der Waals surface area (Å²) in [5, 5.41) is 15.7. The molecular weight excluding hydrogens is 350 g/mol. The number of ether oxygens (including phenoxy) is 1. The molecule has 0 radical (unpaired) electrons. The summed E-state index contributed by atoms with van der Waals surface area (Å²) in [4.78, 5) is 21.7. The van der Waals surface area contributed by atoms with Crippen LogP contribution in [-0.2, 0) is 0 Å². The lowest BCUT2D eigenvalue weighted by atomic mass is 10.1. The zero-order valence-corrected chi connectivity index (χ0v) is 14.8. The minimum atomic E-state index is -0.459. The Morgan fingerprint density at radius 1 is 1.22 bits per heavy atom. The first kappa shape index (κ1) is 18.1. The Labute approximate surface area is 154 Å². The van der Waals surface area contributed by atoms with Crippen LogP contribution in [-0.4, -0.2) is 17.2 Å². The van der Waals surface area contributed by atoms with Crippen LogP contribution < -0.4 is 15.8 Å². The average Bonchev–Trinajstić information content (AvgIpc) is 2.64. The van der Waals surface area contributed by atoms with E-state index in [0.29, 0.717) is 22.7 Å². The second-order valence-electron chi connectivity index (χ2n) is 5.96. The van der Waals surface area contributed by atoms with E-state index >= 15 is 0 Å². The monoisotopic (exact) mass is 367 g/mol. The number of fused-ring (bicyclic) bond motifs is 1. The summed E-state index contributed by atoms with van der Waals surface area (Å²) in [5.74, 6) is 0.557. The van der Waals surface area contributed by atoms with Crippen molar-refractivity contribution in [2.75, 3.05) is 12.0 Å². The van der Waals surface area contributed by atoms with Gasteiger partial charge in [0.1, 0.15) is 17.9 Å². The topological polar surface area (TPSA) is 107 Å². The van der Waals surface area contributed by atoms with Gasteiger partial charge in [0.2, 0.25) is 0 Å². The van der Waals surface area contributed by atoms with Crippen LogP contribution in [0.15, 0.2) is 62.8 Å². The Morgan fingerprint density at radius 2 is 1.96 bits per heavy atom. The predicted octanol–water partition coefficient (Wildman–Crippen LogP) is 3.88. The summed E-state index contributed by atoms with van der Waals surface area (Å²) in [7, 11) is 0. The van der Waals surface area contributed by atoms with Gasteiger partial charge in [-0.3, -0.25) is 15.5 Å². The molecule has 0 aliphatic heterocycles. The fourth-order valence-electron chi connectivity index (χ4n) is 2.43. The van der Waals surface area contributed by atoms with Crippen LogP contribution in [0.4, 0.5) is 11.4 Å². The number of hydrogen-bond acceptors (Lipinski definition) is 7. The van der Waals surface area contributed by atoms with Gasteiger partial charge in [-0.05, 0) is 43.7 Å². The quantitative estimate of drug-likeness (QED) is 0.307. The minimum absolute atomic E-state index is 0.0165. The average molecular weight is 367 g/mol. The molecule has 0 unspecified atom stereocenters. The summed E-state index contributed by atoms with van der Waals surface area (Å²) < 4.78 is 10.9. The Morgan fingerprint density at radius 3 is 2.67 bits per heavy atom. The molecule has 138 valence electrons. The van der Waals surface area contributed by atoms with Gasteiger partial charge in [-0.1, -0.05) is 0 Å². The van der Waals surface area contributed by atoms with Crippen LogP contribution in [0.3, 0.4) is 0 Å². The molecule has 8 nitrogen and oxygen atoms in total. The van der Waals surface area contributed by atoms with Crippen LogP contribution in [0.5, 0.6) is 5.75 Å². The van der Waals surface area contributed by atoms with Crippen molar-refractivity contribution in [2.24, 2.45) is 5.10 Å². The fourth-order valence-corrected chi connectivity index (χ4v) is 2.43. The molecule has 0 spiro atoms. The molecule has 0 atom stereocenters. The van der Waals surface area contributed by atoms with Crippen molar-refractivity contribution in [1.82, 2.24) is 0 Å². The van der Waals surface area contributed by atoms with Gasteiger partial charge >= 0.3 is 5.63 Å². The lowest BCUT2D eigenvalue weighted by Gasteiger charge is -2.08. The first-order valence-corrected chi connectivity index (χ1v) is 8.13. The third kappa shape index (κ3) is 4.49. The molecule has 3 rings (SSSR count). The number of aryl methyl sites for hydroxylation is 1. The highest BCUT2D eigenvalue weighted by molar-refractivity contribution is 5.84. The summed E-state index contributed by atoms with van der Waals surface area (Å²) in [6, 6.07) is 12.7. The first-order valence-electron chi connectivity index (χ1n) is 8.13. The van der Waals surface area contributed by atoms with Gasteiger partial charge < -0.3 is 9.15 Å². The molecule has 0 bridgehead atoms. The van der Waals surface area contributed by atoms with Gasteiger partial charge in [0, 0.05) is 29.7 Å². The molecule has 1 aromatic heterocycles. The number of non-ortho nitro benzene ring substituents is 1. The van der Waals surface area contributed by atoms with Crippen molar-refractivity contribution in [1.29, 1.82) is 0 Å². The van der Waals surface area contributed by atoms with E-state index in [2.05, 4.69) is 10.5 Å². The molecule has 1 N–H and O–H groups in total. The number of hydrogen-bond donors (Lipinski definition) is 1. The van der Waals surface area contributed by atoms with Gasteiger partial charge in [0.15, 0.2) is 0 Å². The van der Waals surface area contributed by atoms with Gasteiger partial charge in [0.05, 0.1) is 16.3 Å². The molecule has 0 aliphatic rings. The van der Waals surface area contributed by atoms with Crippen molar-refractivity contribution in [2.45, 2.75) is 13.8 Å². The molecule has 8 heteroatoms. The van der Waals surface area contributed by atoms with Gasteiger partial charge in [0.25, 0.3) is 5.69 Å². The van der Waals surface area contributed by atoms with Crippen LogP contribution in [0, 0.1) is 17.0 Å². The second kappa shape index (κ2) is 7.69. The maximum atomic E-state index is 11.5. The van der Waals surface area contributed by atoms with E-state index in [1.54, 1.807) is 31.2 Å². The molecule has 0 fully saturated rings. The third-order valence-electron chi connectivity index (χ3n) is 3.82. The molecule has 0 aliphatic carbocycles. The van der Waals surface area contributed by atoms with Crippen molar-refractivity contribution in [3.8, 4) is 5.75 Å². The number of nitro benzene ring substituents is 1. The number of nitrogens with one attached hydrogen (secondary N) is 1. The number of rotatable bonds is 6. The van der Waals surface area contributed by atoms with Crippen molar-refractivity contribution >= 4 is 28.1 Å². The van der Waals surface area contributed by atoms with E-state index in [-0.39, 0.29) is 12.3 Å². The largest absolute Gasteiger partial charge is 0.487 e. The van der Waals surface area contributed by atoms with E-state index in [4.69, 9.17) is 9.15 Å². The lowest BCUT2D eigenvalue weighted by Crippen LogP contribution is -2.09. The molecule has 27 heavy (non-hydrogen) atoms. The number of hydrazone groups is 1. The van der Waals surface area contributed by atoms with Crippen LogP contribution in [0.25, 0.3) is 11.0 Å². The molecular formula is C19H17N3O5. The number of benzene rings is 2. The summed E-state index contributed by atoms with van der Waals surface area (Å²) in [5.41, 5.74) is 5.04. The Kier molecular flexibility index (Phi) is 5.16. The summed E-state index contributed by atoms with van der Waals surface area (Å²) in [6.45, 7) is 3.85. The van der Waals surface area contributed by atoms with Gasteiger partial charge in [-0.15, -0.1) is 0 Å². The molecule has 0 saturated heterocycles. The third-order valence-corrected chi connectivity index (χ3v) is 3.82. The smallest absolute Gasteiger partial charge is 0.336 e. The molecule has 1 heterocycles. The number of anilines is 1. The van der Waals surface area contributed by atoms with Crippen molar-refractivity contribution in [3.63, 3.8) is 0 Å². The van der Waals surface area contributed by atoms with Crippen molar-refractivity contribution in [3.05, 3.63) is 74.6 Å². The summed E-state index contributed by atoms with van der Waals surface area (Å²) >= 11 is 0. The molecule has 0 amide bonds. The van der Waals surface area contributed by atoms with Gasteiger partial charge in [-0.25, -0.2) is 4.79 Å². The highest BCUT2D eigenvalue weighted by Crippen LogP contribution is 2.22. The van der Waals surface area contributed by atoms with E-state index in [1.807, 2.05) is 13.0 Å². The molecule has 2 aromatic carbocycles. The minimum Gasteiger partial charge on any atom is -0.487 e. The standard InChI is InChI=1S/C19H17N3O5/c1-12-9-19(23)27-18-10-16(7-8-17(12)18)26-11-13(2)20-21-14-3-5-15(6-4-14)22(24)25/h3-10,21H,11H2,1-2H3. The maximum absolute atomic E-state index is 11.5. The van der Waals surface area contributed by atoms with Gasteiger partial charge in [-0.2, -0.15) is 5.10 Å². The van der Waals surface area contributed by atoms with E-state index in [9.17, 15) is 14.9 Å². The SMILES string of the molecule is CC(COc1ccc2c(C)cc(=O)oc2c1)=NNc1ccc([N+](=O)[O-])cc1.